The zero-order valence-electron chi connectivity index (χ0n) is 10.7. The standard InChI is InChI=1S/C12H19N3.3ClH/c1-15(2)11-5-3-10(4-6-11)12-9-13-7-8-14-12;;;/h3-6,12-14H,7-9H2,1-2H3;3*1H/t12-;;;/m1.../s1. The number of anilines is 1. The second-order valence-electron chi connectivity index (χ2n) is 4.20. The van der Waals surface area contributed by atoms with Gasteiger partial charge < -0.3 is 15.5 Å². The van der Waals surface area contributed by atoms with Gasteiger partial charge in [-0.15, -0.1) is 37.2 Å². The van der Waals surface area contributed by atoms with Crippen molar-refractivity contribution in [3.8, 4) is 0 Å². The van der Waals surface area contributed by atoms with E-state index in [1.54, 1.807) is 0 Å². The van der Waals surface area contributed by atoms with E-state index in [9.17, 15) is 0 Å². The lowest BCUT2D eigenvalue weighted by Gasteiger charge is -2.25. The van der Waals surface area contributed by atoms with Crippen molar-refractivity contribution in [2.75, 3.05) is 38.6 Å². The predicted molar refractivity (Wildman–Crippen MR) is 86.1 cm³/mol. The zero-order valence-corrected chi connectivity index (χ0v) is 13.1. The van der Waals surface area contributed by atoms with Gasteiger partial charge in [-0.25, -0.2) is 0 Å². The van der Waals surface area contributed by atoms with Gasteiger partial charge >= 0.3 is 0 Å². The minimum absolute atomic E-state index is 0. The number of rotatable bonds is 2. The van der Waals surface area contributed by atoms with E-state index in [4.69, 9.17) is 0 Å². The topological polar surface area (TPSA) is 27.3 Å². The lowest BCUT2D eigenvalue weighted by Crippen LogP contribution is -2.42. The van der Waals surface area contributed by atoms with E-state index < -0.39 is 0 Å². The summed E-state index contributed by atoms with van der Waals surface area (Å²) in [5.41, 5.74) is 2.62. The smallest absolute Gasteiger partial charge is 0.0447 e. The molecule has 1 atom stereocenters. The molecule has 0 aliphatic carbocycles. The first-order valence-electron chi connectivity index (χ1n) is 5.49. The molecule has 0 aromatic heterocycles. The predicted octanol–water partition coefficient (Wildman–Crippen LogP) is 2.25. The quantitative estimate of drug-likeness (QED) is 0.877. The van der Waals surface area contributed by atoms with Crippen LogP contribution >= 0.6 is 37.2 Å². The number of nitrogens with one attached hydrogen (secondary N) is 2. The van der Waals surface area contributed by atoms with Crippen LogP contribution in [0.5, 0.6) is 0 Å². The maximum Gasteiger partial charge on any atom is 0.0447 e. The van der Waals surface area contributed by atoms with Crippen LogP contribution in [-0.2, 0) is 0 Å². The molecule has 0 spiro atoms. The van der Waals surface area contributed by atoms with Gasteiger partial charge in [-0.1, -0.05) is 12.1 Å². The molecule has 1 saturated heterocycles. The normalized spacial score (nSPS) is 17.8. The molecule has 1 aromatic rings. The van der Waals surface area contributed by atoms with Gasteiger partial charge in [0.15, 0.2) is 0 Å². The third-order valence-corrected chi connectivity index (χ3v) is 2.85. The summed E-state index contributed by atoms with van der Waals surface area (Å²) < 4.78 is 0. The number of nitrogens with zero attached hydrogens (tertiary/aromatic N) is 1. The highest BCUT2D eigenvalue weighted by molar-refractivity contribution is 5.86. The Morgan fingerprint density at radius 2 is 1.61 bits per heavy atom. The van der Waals surface area contributed by atoms with Crippen molar-refractivity contribution in [3.63, 3.8) is 0 Å². The van der Waals surface area contributed by atoms with E-state index in [0.717, 1.165) is 19.6 Å². The minimum atomic E-state index is 0. The highest BCUT2D eigenvalue weighted by atomic mass is 35.5. The number of halogens is 3. The molecule has 106 valence electrons. The Morgan fingerprint density at radius 1 is 1.00 bits per heavy atom. The first-order valence-corrected chi connectivity index (χ1v) is 5.49. The van der Waals surface area contributed by atoms with Crippen LogP contribution in [0.4, 0.5) is 5.69 Å². The molecule has 1 aliphatic heterocycles. The minimum Gasteiger partial charge on any atom is -0.378 e. The largest absolute Gasteiger partial charge is 0.378 e. The van der Waals surface area contributed by atoms with Crippen molar-refractivity contribution in [3.05, 3.63) is 29.8 Å². The molecule has 0 amide bonds. The van der Waals surface area contributed by atoms with Crippen LogP contribution in [0.1, 0.15) is 11.6 Å². The molecule has 0 bridgehead atoms. The summed E-state index contributed by atoms with van der Waals surface area (Å²) >= 11 is 0. The highest BCUT2D eigenvalue weighted by Gasteiger charge is 2.13. The summed E-state index contributed by atoms with van der Waals surface area (Å²) in [5.74, 6) is 0. The molecule has 1 heterocycles. The summed E-state index contributed by atoms with van der Waals surface area (Å²) in [6.07, 6.45) is 0. The van der Waals surface area contributed by atoms with Crippen LogP contribution in [0, 0.1) is 0 Å². The van der Waals surface area contributed by atoms with Gasteiger partial charge in [-0.2, -0.15) is 0 Å². The Labute approximate surface area is 128 Å². The van der Waals surface area contributed by atoms with Crippen molar-refractivity contribution < 1.29 is 0 Å². The van der Waals surface area contributed by atoms with Gasteiger partial charge in [0, 0.05) is 45.5 Å². The van der Waals surface area contributed by atoms with Crippen molar-refractivity contribution in [1.82, 2.24) is 10.6 Å². The summed E-state index contributed by atoms with van der Waals surface area (Å²) in [4.78, 5) is 2.12. The third-order valence-electron chi connectivity index (χ3n) is 2.85. The maximum atomic E-state index is 3.51. The monoisotopic (exact) mass is 313 g/mol. The molecule has 1 aliphatic rings. The van der Waals surface area contributed by atoms with E-state index in [0.29, 0.717) is 6.04 Å². The summed E-state index contributed by atoms with van der Waals surface area (Å²) in [5, 5.41) is 6.91. The first-order chi connectivity index (χ1) is 7.27. The van der Waals surface area contributed by atoms with E-state index in [1.807, 2.05) is 0 Å². The molecule has 2 N–H and O–H groups in total. The average molecular weight is 315 g/mol. The van der Waals surface area contributed by atoms with E-state index in [-0.39, 0.29) is 37.2 Å². The van der Waals surface area contributed by atoms with Gasteiger partial charge in [-0.05, 0) is 17.7 Å². The Kier molecular flexibility index (Phi) is 10.9. The molecule has 6 heteroatoms. The summed E-state index contributed by atoms with van der Waals surface area (Å²) in [6.45, 7) is 3.16. The van der Waals surface area contributed by atoms with Gasteiger partial charge in [0.05, 0.1) is 0 Å². The van der Waals surface area contributed by atoms with Crippen molar-refractivity contribution in [2.45, 2.75) is 6.04 Å². The SMILES string of the molecule is CN(C)c1ccc([C@H]2CNCCN2)cc1.Cl.Cl.Cl. The van der Waals surface area contributed by atoms with Gasteiger partial charge in [0.1, 0.15) is 0 Å². The summed E-state index contributed by atoms with van der Waals surface area (Å²) in [6, 6.07) is 9.23. The van der Waals surface area contributed by atoms with E-state index in [1.165, 1.54) is 11.3 Å². The third kappa shape index (κ3) is 5.21. The van der Waals surface area contributed by atoms with Crippen LogP contribution in [-0.4, -0.2) is 33.7 Å². The second kappa shape index (κ2) is 9.70. The molecular weight excluding hydrogens is 293 g/mol. The van der Waals surface area contributed by atoms with Gasteiger partial charge in [-0.3, -0.25) is 0 Å². The molecule has 1 fully saturated rings. The maximum absolute atomic E-state index is 3.51. The number of hydrogen-bond acceptors (Lipinski definition) is 3. The Balaban J connectivity index is 0. The average Bonchev–Trinajstić information content (AvgIpc) is 2.30. The van der Waals surface area contributed by atoms with Crippen molar-refractivity contribution in [2.24, 2.45) is 0 Å². The van der Waals surface area contributed by atoms with Gasteiger partial charge in [0.2, 0.25) is 0 Å². The van der Waals surface area contributed by atoms with Crippen LogP contribution < -0.4 is 15.5 Å². The number of benzene rings is 1. The van der Waals surface area contributed by atoms with Crippen LogP contribution in [0.15, 0.2) is 24.3 Å². The van der Waals surface area contributed by atoms with Crippen LogP contribution in [0.2, 0.25) is 0 Å². The fourth-order valence-corrected chi connectivity index (χ4v) is 1.89. The second-order valence-corrected chi connectivity index (χ2v) is 4.20. The molecule has 2 rings (SSSR count). The zero-order chi connectivity index (χ0) is 10.7. The number of hydrogen-bond donors (Lipinski definition) is 2. The molecule has 18 heavy (non-hydrogen) atoms. The molecule has 1 aromatic carbocycles. The Bertz CT molecular complexity index is 311. The molecular formula is C12H22Cl3N3. The fourth-order valence-electron chi connectivity index (χ4n) is 1.89. The van der Waals surface area contributed by atoms with Crippen molar-refractivity contribution in [1.29, 1.82) is 0 Å². The Morgan fingerprint density at radius 3 is 2.06 bits per heavy atom. The number of piperazine rings is 1. The van der Waals surface area contributed by atoms with E-state index >= 15 is 0 Å². The summed E-state index contributed by atoms with van der Waals surface area (Å²) in [7, 11) is 4.13. The molecule has 0 saturated carbocycles. The molecule has 0 unspecified atom stereocenters. The lowest BCUT2D eigenvalue weighted by molar-refractivity contribution is 0.430. The first kappa shape index (κ1) is 20.1. The van der Waals surface area contributed by atoms with Crippen LogP contribution in [0.25, 0.3) is 0 Å². The molecule has 3 nitrogen and oxygen atoms in total. The molecule has 0 radical (unpaired) electrons. The van der Waals surface area contributed by atoms with E-state index in [2.05, 4.69) is 53.9 Å². The fraction of sp³-hybridized carbons (Fsp3) is 0.500. The van der Waals surface area contributed by atoms with Gasteiger partial charge in [0.25, 0.3) is 0 Å². The van der Waals surface area contributed by atoms with Crippen LogP contribution in [0.3, 0.4) is 0 Å². The van der Waals surface area contributed by atoms with Crippen molar-refractivity contribution >= 4 is 42.9 Å². The lowest BCUT2D eigenvalue weighted by atomic mass is 10.1. The highest BCUT2D eigenvalue weighted by Crippen LogP contribution is 2.18. The Hall–Kier alpha value is -0.190.